The van der Waals surface area contributed by atoms with Crippen LogP contribution in [0.1, 0.15) is 29.0 Å². The predicted molar refractivity (Wildman–Crippen MR) is 152 cm³/mol. The number of fused-ring (bicyclic) bond motifs is 3. The van der Waals surface area contributed by atoms with Gasteiger partial charge in [-0.05, 0) is 54.5 Å². The zero-order valence-corrected chi connectivity index (χ0v) is 22.2. The minimum atomic E-state index is -1.29. The Labute approximate surface area is 227 Å². The number of hydrogen-bond acceptors (Lipinski definition) is 5. The highest BCUT2D eigenvalue weighted by atomic mass is 35.5. The first-order chi connectivity index (χ1) is 18.4. The van der Waals surface area contributed by atoms with Gasteiger partial charge in [0.25, 0.3) is 0 Å². The Balaban J connectivity index is 1.62. The van der Waals surface area contributed by atoms with E-state index in [2.05, 4.69) is 35.2 Å². The lowest BCUT2D eigenvalue weighted by molar-refractivity contribution is 0.00586. The Morgan fingerprint density at radius 1 is 0.895 bits per heavy atom. The molecule has 5 nitrogen and oxygen atoms in total. The van der Waals surface area contributed by atoms with Crippen LogP contribution in [0, 0.1) is 0 Å². The van der Waals surface area contributed by atoms with Crippen molar-refractivity contribution in [2.45, 2.75) is 17.9 Å². The fourth-order valence-corrected chi connectivity index (χ4v) is 5.80. The molecule has 1 N–H and O–H groups in total. The summed E-state index contributed by atoms with van der Waals surface area (Å²) in [5.74, 6) is 0.858. The Morgan fingerprint density at radius 3 is 2.39 bits per heavy atom. The number of hydrogen-bond donors (Lipinski definition) is 1. The minimum Gasteiger partial charge on any atom is -0.454 e. The number of rotatable bonds is 7. The van der Waals surface area contributed by atoms with E-state index in [4.69, 9.17) is 26.1 Å². The van der Waals surface area contributed by atoms with Gasteiger partial charge in [0.15, 0.2) is 11.5 Å². The van der Waals surface area contributed by atoms with Crippen molar-refractivity contribution in [3.05, 3.63) is 113 Å². The third kappa shape index (κ3) is 4.37. The molecule has 1 aliphatic rings. The van der Waals surface area contributed by atoms with E-state index in [1.54, 1.807) is 0 Å². The quantitative estimate of drug-likeness (QED) is 0.239. The van der Waals surface area contributed by atoms with E-state index < -0.39 is 11.5 Å². The average Bonchev–Trinajstić information content (AvgIpc) is 3.39. The van der Waals surface area contributed by atoms with E-state index >= 15 is 0 Å². The molecule has 2 unspecified atom stereocenters. The van der Waals surface area contributed by atoms with Crippen molar-refractivity contribution in [2.24, 2.45) is 0 Å². The number of benzene rings is 4. The SMILES string of the molecule is CN(C)CCC(O)(c1cccc2ccccc12)C(c1ccccc1)c1cc2cc3c(cc2nc1Cl)OCO3. The van der Waals surface area contributed by atoms with Gasteiger partial charge in [0.2, 0.25) is 6.79 Å². The molecule has 0 saturated carbocycles. The van der Waals surface area contributed by atoms with Crippen molar-refractivity contribution in [1.82, 2.24) is 9.88 Å². The topological polar surface area (TPSA) is 54.8 Å². The van der Waals surface area contributed by atoms with Gasteiger partial charge >= 0.3 is 0 Å². The lowest BCUT2D eigenvalue weighted by Gasteiger charge is -2.39. The van der Waals surface area contributed by atoms with Crippen LogP contribution in [0.15, 0.2) is 91.0 Å². The van der Waals surface area contributed by atoms with Gasteiger partial charge in [-0.1, -0.05) is 84.4 Å². The molecule has 0 bridgehead atoms. The largest absolute Gasteiger partial charge is 0.454 e. The van der Waals surface area contributed by atoms with E-state index in [1.807, 2.05) is 74.8 Å². The van der Waals surface area contributed by atoms with Crippen LogP contribution in [0.2, 0.25) is 5.15 Å². The van der Waals surface area contributed by atoms with Crippen molar-refractivity contribution < 1.29 is 14.6 Å². The summed E-state index contributed by atoms with van der Waals surface area (Å²) in [4.78, 5) is 6.87. The van der Waals surface area contributed by atoms with Gasteiger partial charge in [0, 0.05) is 29.5 Å². The summed E-state index contributed by atoms with van der Waals surface area (Å²) < 4.78 is 11.2. The van der Waals surface area contributed by atoms with Crippen molar-refractivity contribution in [3.8, 4) is 11.5 Å². The molecule has 2 atom stereocenters. The molecule has 192 valence electrons. The van der Waals surface area contributed by atoms with E-state index in [0.717, 1.165) is 38.4 Å². The van der Waals surface area contributed by atoms with Crippen LogP contribution in [0.25, 0.3) is 21.7 Å². The highest BCUT2D eigenvalue weighted by molar-refractivity contribution is 6.30. The monoisotopic (exact) mass is 524 g/mol. The molecule has 6 rings (SSSR count). The average molecular weight is 525 g/mol. The van der Waals surface area contributed by atoms with E-state index in [9.17, 15) is 5.11 Å². The second kappa shape index (κ2) is 9.91. The molecule has 1 aliphatic heterocycles. The van der Waals surface area contributed by atoms with Crippen LogP contribution in [-0.4, -0.2) is 42.4 Å². The summed E-state index contributed by atoms with van der Waals surface area (Å²) in [5.41, 5.74) is 2.02. The second-order valence-electron chi connectivity index (χ2n) is 10.1. The fraction of sp³-hybridized carbons (Fsp3) is 0.219. The summed E-state index contributed by atoms with van der Waals surface area (Å²) in [5, 5.41) is 16.3. The van der Waals surface area contributed by atoms with Gasteiger partial charge in [-0.25, -0.2) is 4.98 Å². The summed E-state index contributed by atoms with van der Waals surface area (Å²) >= 11 is 6.97. The molecule has 38 heavy (non-hydrogen) atoms. The molecule has 0 radical (unpaired) electrons. The van der Waals surface area contributed by atoms with Crippen molar-refractivity contribution in [1.29, 1.82) is 0 Å². The van der Waals surface area contributed by atoms with Gasteiger partial charge < -0.3 is 19.5 Å². The Hall–Kier alpha value is -3.64. The standard InChI is InChI=1S/C32H29ClN2O3/c1-35(2)16-15-32(36,26-14-8-12-21-9-6-7-13-24(21)26)30(22-10-4-3-5-11-22)25-17-23-18-28-29(38-20-37-28)19-27(23)34-31(25)33/h3-14,17-19,30,36H,15-16,20H2,1-2H3. The van der Waals surface area contributed by atoms with Gasteiger partial charge in [-0.15, -0.1) is 0 Å². The molecule has 6 heteroatoms. The first-order valence-electron chi connectivity index (χ1n) is 12.7. The van der Waals surface area contributed by atoms with Crippen LogP contribution in [0.4, 0.5) is 0 Å². The maximum absolute atomic E-state index is 13.0. The zero-order chi connectivity index (χ0) is 26.3. The molecule has 5 aromatic rings. The normalized spacial score (nSPS) is 15.2. The molecule has 0 amide bonds. The number of halogens is 1. The maximum atomic E-state index is 13.0. The number of aliphatic hydroxyl groups is 1. The third-order valence-corrected chi connectivity index (χ3v) is 7.71. The fourth-order valence-electron chi connectivity index (χ4n) is 5.55. The molecule has 4 aromatic carbocycles. The molecule has 0 saturated heterocycles. The summed E-state index contributed by atoms with van der Waals surface area (Å²) in [6.07, 6.45) is 0.489. The van der Waals surface area contributed by atoms with Crippen molar-refractivity contribution >= 4 is 33.3 Å². The Kier molecular flexibility index (Phi) is 6.44. The van der Waals surface area contributed by atoms with Crippen LogP contribution >= 0.6 is 11.6 Å². The predicted octanol–water partition coefficient (Wildman–Crippen LogP) is 6.74. The summed E-state index contributed by atoms with van der Waals surface area (Å²) in [6.45, 7) is 0.866. The van der Waals surface area contributed by atoms with Crippen molar-refractivity contribution in [3.63, 3.8) is 0 Å². The van der Waals surface area contributed by atoms with E-state index in [0.29, 0.717) is 29.6 Å². The third-order valence-electron chi connectivity index (χ3n) is 7.41. The molecule has 0 spiro atoms. The first-order valence-corrected chi connectivity index (χ1v) is 13.1. The highest BCUT2D eigenvalue weighted by Gasteiger charge is 2.42. The Bertz CT molecular complexity index is 1620. The smallest absolute Gasteiger partial charge is 0.231 e. The highest BCUT2D eigenvalue weighted by Crippen LogP contribution is 2.49. The lowest BCUT2D eigenvalue weighted by atomic mass is 9.71. The molecule has 0 aliphatic carbocycles. The van der Waals surface area contributed by atoms with E-state index in [1.165, 1.54) is 0 Å². The zero-order valence-electron chi connectivity index (χ0n) is 21.4. The number of pyridine rings is 1. The molecular weight excluding hydrogens is 496 g/mol. The number of nitrogens with zero attached hydrogens (tertiary/aromatic N) is 2. The van der Waals surface area contributed by atoms with Crippen LogP contribution < -0.4 is 9.47 Å². The molecular formula is C32H29ClN2O3. The van der Waals surface area contributed by atoms with E-state index in [-0.39, 0.29) is 6.79 Å². The Morgan fingerprint density at radius 2 is 1.61 bits per heavy atom. The van der Waals surface area contributed by atoms with Gasteiger partial charge in [0.05, 0.1) is 5.52 Å². The lowest BCUT2D eigenvalue weighted by Crippen LogP contribution is -2.38. The second-order valence-corrected chi connectivity index (χ2v) is 10.5. The van der Waals surface area contributed by atoms with Gasteiger partial charge in [-0.2, -0.15) is 0 Å². The van der Waals surface area contributed by atoms with Crippen LogP contribution in [0.5, 0.6) is 11.5 Å². The van der Waals surface area contributed by atoms with Gasteiger partial charge in [0.1, 0.15) is 10.8 Å². The van der Waals surface area contributed by atoms with Crippen LogP contribution in [-0.2, 0) is 5.60 Å². The molecule has 0 fully saturated rings. The van der Waals surface area contributed by atoms with Crippen LogP contribution in [0.3, 0.4) is 0 Å². The van der Waals surface area contributed by atoms with Crippen molar-refractivity contribution in [2.75, 3.05) is 27.4 Å². The van der Waals surface area contributed by atoms with Gasteiger partial charge in [-0.3, -0.25) is 0 Å². The first kappa shape index (κ1) is 24.7. The molecule has 1 aromatic heterocycles. The number of ether oxygens (including phenoxy) is 2. The maximum Gasteiger partial charge on any atom is 0.231 e. The summed E-state index contributed by atoms with van der Waals surface area (Å²) in [6, 6.07) is 30.2. The molecule has 2 heterocycles. The summed E-state index contributed by atoms with van der Waals surface area (Å²) in [7, 11) is 4.04. The number of aromatic nitrogens is 1. The minimum absolute atomic E-state index is 0.185.